The maximum Gasteiger partial charge on any atom is 0.224 e. The van der Waals surface area contributed by atoms with Crippen molar-refractivity contribution < 1.29 is 4.79 Å². The summed E-state index contributed by atoms with van der Waals surface area (Å²) in [5.74, 6) is 1.47. The van der Waals surface area contributed by atoms with Gasteiger partial charge in [0.2, 0.25) is 5.91 Å². The number of nitrogens with one attached hydrogen (secondary N) is 1. The molecule has 2 fully saturated rings. The number of hydrogen-bond donors (Lipinski definition) is 2. The number of hydrogen-bond acceptors (Lipinski definition) is 2. The van der Waals surface area contributed by atoms with Gasteiger partial charge < -0.3 is 11.1 Å². The van der Waals surface area contributed by atoms with E-state index in [0.717, 1.165) is 25.3 Å². The number of carbonyl (C=O) groups excluding carboxylic acids is 1. The van der Waals surface area contributed by atoms with Crippen LogP contribution in [0.15, 0.2) is 0 Å². The lowest BCUT2D eigenvalue weighted by Crippen LogP contribution is -2.48. The molecule has 3 nitrogen and oxygen atoms in total. The molecule has 2 aliphatic rings. The fourth-order valence-corrected chi connectivity index (χ4v) is 3.34. The first kappa shape index (κ1) is 12.9. The molecule has 3 atom stereocenters. The zero-order valence-electron chi connectivity index (χ0n) is 11.0. The van der Waals surface area contributed by atoms with E-state index in [2.05, 4.69) is 12.2 Å². The van der Waals surface area contributed by atoms with E-state index in [9.17, 15) is 4.79 Å². The molecule has 0 saturated heterocycles. The molecule has 0 aromatic rings. The Balaban J connectivity index is 1.78. The molecule has 0 aromatic heterocycles. The van der Waals surface area contributed by atoms with Gasteiger partial charge in [-0.15, -0.1) is 0 Å². The summed E-state index contributed by atoms with van der Waals surface area (Å²) in [5, 5.41) is 3.13. The third kappa shape index (κ3) is 3.21. The monoisotopic (exact) mass is 238 g/mol. The molecule has 2 saturated carbocycles. The van der Waals surface area contributed by atoms with E-state index in [4.69, 9.17) is 5.73 Å². The van der Waals surface area contributed by atoms with Gasteiger partial charge in [-0.1, -0.05) is 26.2 Å². The van der Waals surface area contributed by atoms with E-state index in [-0.39, 0.29) is 17.9 Å². The second-order valence-electron chi connectivity index (χ2n) is 5.99. The first-order chi connectivity index (χ1) is 8.18. The molecular weight excluding hydrogens is 212 g/mol. The summed E-state index contributed by atoms with van der Waals surface area (Å²) in [4.78, 5) is 12.1. The summed E-state index contributed by atoms with van der Waals surface area (Å²) >= 11 is 0. The van der Waals surface area contributed by atoms with E-state index in [0.29, 0.717) is 5.92 Å². The zero-order valence-corrected chi connectivity index (χ0v) is 11.0. The van der Waals surface area contributed by atoms with Crippen molar-refractivity contribution in [2.45, 2.75) is 57.9 Å². The van der Waals surface area contributed by atoms with Gasteiger partial charge in [0.25, 0.3) is 0 Å². The summed E-state index contributed by atoms with van der Waals surface area (Å²) in [5.41, 5.74) is 6.15. The standard InChI is InChI=1S/C14H26N2O/c1-10-5-4-8-12(13(10)15)14(17)16-9-11-6-2-3-7-11/h10-13H,2-9,15H2,1H3,(H,16,17). The molecule has 98 valence electrons. The second-order valence-corrected chi connectivity index (χ2v) is 5.99. The first-order valence-electron chi connectivity index (χ1n) is 7.21. The van der Waals surface area contributed by atoms with Crippen molar-refractivity contribution in [2.75, 3.05) is 6.54 Å². The number of carbonyl (C=O) groups is 1. The van der Waals surface area contributed by atoms with Crippen molar-refractivity contribution in [2.24, 2.45) is 23.5 Å². The van der Waals surface area contributed by atoms with Crippen LogP contribution in [-0.4, -0.2) is 18.5 Å². The van der Waals surface area contributed by atoms with Crippen LogP contribution in [0.5, 0.6) is 0 Å². The van der Waals surface area contributed by atoms with Gasteiger partial charge >= 0.3 is 0 Å². The summed E-state index contributed by atoms with van der Waals surface area (Å²) in [7, 11) is 0. The quantitative estimate of drug-likeness (QED) is 0.790. The third-order valence-electron chi connectivity index (χ3n) is 4.67. The maximum atomic E-state index is 12.1. The number of amides is 1. The van der Waals surface area contributed by atoms with Crippen LogP contribution in [0.4, 0.5) is 0 Å². The van der Waals surface area contributed by atoms with Crippen LogP contribution >= 0.6 is 0 Å². The minimum Gasteiger partial charge on any atom is -0.356 e. The Hall–Kier alpha value is -0.570. The molecule has 17 heavy (non-hydrogen) atoms. The minimum atomic E-state index is 0.0557. The van der Waals surface area contributed by atoms with Crippen molar-refractivity contribution in [3.8, 4) is 0 Å². The van der Waals surface area contributed by atoms with E-state index >= 15 is 0 Å². The Morgan fingerprint density at radius 3 is 2.59 bits per heavy atom. The molecule has 0 aliphatic heterocycles. The highest BCUT2D eigenvalue weighted by molar-refractivity contribution is 5.79. The fourth-order valence-electron chi connectivity index (χ4n) is 3.34. The van der Waals surface area contributed by atoms with Crippen LogP contribution in [0.2, 0.25) is 0 Å². The summed E-state index contributed by atoms with van der Waals surface area (Å²) in [6.45, 7) is 3.04. The van der Waals surface area contributed by atoms with Gasteiger partial charge in [0, 0.05) is 12.6 Å². The van der Waals surface area contributed by atoms with Gasteiger partial charge in [-0.2, -0.15) is 0 Å². The Morgan fingerprint density at radius 2 is 1.88 bits per heavy atom. The van der Waals surface area contributed by atoms with Crippen molar-refractivity contribution >= 4 is 5.91 Å². The molecule has 0 spiro atoms. The highest BCUT2D eigenvalue weighted by Crippen LogP contribution is 2.28. The number of nitrogens with two attached hydrogens (primary N) is 1. The lowest BCUT2D eigenvalue weighted by atomic mass is 9.78. The normalized spacial score (nSPS) is 34.8. The van der Waals surface area contributed by atoms with E-state index in [1.165, 1.54) is 32.1 Å². The molecule has 0 bridgehead atoms. The topological polar surface area (TPSA) is 55.1 Å². The lowest BCUT2D eigenvalue weighted by Gasteiger charge is -2.33. The van der Waals surface area contributed by atoms with Crippen LogP contribution in [-0.2, 0) is 4.79 Å². The molecule has 3 heteroatoms. The van der Waals surface area contributed by atoms with Crippen LogP contribution in [0, 0.1) is 17.8 Å². The van der Waals surface area contributed by atoms with Gasteiger partial charge in [-0.05, 0) is 37.5 Å². The Bertz CT molecular complexity index is 261. The Kier molecular flexibility index (Phi) is 4.43. The van der Waals surface area contributed by atoms with E-state index in [1.54, 1.807) is 0 Å². The zero-order chi connectivity index (χ0) is 12.3. The van der Waals surface area contributed by atoms with Crippen LogP contribution < -0.4 is 11.1 Å². The number of rotatable bonds is 3. The second kappa shape index (κ2) is 5.85. The van der Waals surface area contributed by atoms with Gasteiger partial charge in [-0.3, -0.25) is 4.79 Å². The fraction of sp³-hybridized carbons (Fsp3) is 0.929. The van der Waals surface area contributed by atoms with Crippen molar-refractivity contribution in [3.05, 3.63) is 0 Å². The van der Waals surface area contributed by atoms with Crippen molar-refractivity contribution in [3.63, 3.8) is 0 Å². The predicted octanol–water partition coefficient (Wildman–Crippen LogP) is 2.06. The van der Waals surface area contributed by atoms with Crippen molar-refractivity contribution in [1.29, 1.82) is 0 Å². The molecular formula is C14H26N2O. The van der Waals surface area contributed by atoms with Gasteiger partial charge in [0.15, 0.2) is 0 Å². The lowest BCUT2D eigenvalue weighted by molar-refractivity contribution is -0.127. The Morgan fingerprint density at radius 1 is 1.18 bits per heavy atom. The van der Waals surface area contributed by atoms with E-state index in [1.807, 2.05) is 0 Å². The predicted molar refractivity (Wildman–Crippen MR) is 69.4 cm³/mol. The van der Waals surface area contributed by atoms with Crippen LogP contribution in [0.1, 0.15) is 51.9 Å². The molecule has 3 unspecified atom stereocenters. The molecule has 3 N–H and O–H groups in total. The molecule has 0 aromatic carbocycles. The first-order valence-corrected chi connectivity index (χ1v) is 7.21. The van der Waals surface area contributed by atoms with Gasteiger partial charge in [0.05, 0.1) is 5.92 Å². The summed E-state index contributed by atoms with van der Waals surface area (Å²) < 4.78 is 0. The molecule has 1 amide bonds. The summed E-state index contributed by atoms with van der Waals surface area (Å²) in [6, 6.07) is 0.0623. The Labute approximate surface area is 105 Å². The molecule has 0 heterocycles. The third-order valence-corrected chi connectivity index (χ3v) is 4.67. The summed E-state index contributed by atoms with van der Waals surface area (Å²) in [6.07, 6.45) is 8.54. The smallest absolute Gasteiger partial charge is 0.224 e. The SMILES string of the molecule is CC1CCCC(C(=O)NCC2CCCC2)C1N. The molecule has 0 radical (unpaired) electrons. The van der Waals surface area contributed by atoms with Crippen LogP contribution in [0.25, 0.3) is 0 Å². The van der Waals surface area contributed by atoms with E-state index < -0.39 is 0 Å². The maximum absolute atomic E-state index is 12.1. The largest absolute Gasteiger partial charge is 0.356 e. The van der Waals surface area contributed by atoms with Crippen molar-refractivity contribution in [1.82, 2.24) is 5.32 Å². The highest BCUT2D eigenvalue weighted by Gasteiger charge is 2.32. The minimum absolute atomic E-state index is 0.0557. The van der Waals surface area contributed by atoms with Gasteiger partial charge in [-0.25, -0.2) is 0 Å². The molecule has 2 aliphatic carbocycles. The van der Waals surface area contributed by atoms with Crippen LogP contribution in [0.3, 0.4) is 0 Å². The molecule has 2 rings (SSSR count). The highest BCUT2D eigenvalue weighted by atomic mass is 16.1. The van der Waals surface area contributed by atoms with Gasteiger partial charge in [0.1, 0.15) is 0 Å². The average Bonchev–Trinajstić information content (AvgIpc) is 2.82. The average molecular weight is 238 g/mol.